The van der Waals surface area contributed by atoms with Crippen molar-refractivity contribution >= 4 is 0 Å². The van der Waals surface area contributed by atoms with E-state index in [-0.39, 0.29) is 6.10 Å². The molecule has 1 aliphatic heterocycles. The molecular weight excluding hydrogens is 248 g/mol. The van der Waals surface area contributed by atoms with Gasteiger partial charge in [-0.2, -0.15) is 0 Å². The van der Waals surface area contributed by atoms with Crippen LogP contribution in [0, 0.1) is 0 Å². The molecule has 1 saturated heterocycles. The van der Waals surface area contributed by atoms with Crippen LogP contribution in [0.1, 0.15) is 35.1 Å². The molecule has 0 aromatic heterocycles. The molecule has 2 aromatic carbocycles. The molecular formula is C18H18O2. The van der Waals surface area contributed by atoms with Gasteiger partial charge in [0.25, 0.3) is 0 Å². The smallest absolute Gasteiger partial charge is 0.0902 e. The summed E-state index contributed by atoms with van der Waals surface area (Å²) in [4.78, 5) is 0. The van der Waals surface area contributed by atoms with Crippen molar-refractivity contribution in [2.24, 2.45) is 0 Å². The van der Waals surface area contributed by atoms with Crippen molar-refractivity contribution in [2.75, 3.05) is 6.61 Å². The van der Waals surface area contributed by atoms with Crippen molar-refractivity contribution in [1.82, 2.24) is 0 Å². The molecule has 2 aliphatic rings. The lowest BCUT2D eigenvalue weighted by Gasteiger charge is -2.32. The fourth-order valence-electron chi connectivity index (χ4n) is 3.35. The normalized spacial score (nSPS) is 26.7. The first-order chi connectivity index (χ1) is 9.92. The quantitative estimate of drug-likeness (QED) is 0.837. The van der Waals surface area contributed by atoms with E-state index in [0.717, 1.165) is 6.42 Å². The molecule has 102 valence electrons. The third-order valence-electron chi connectivity index (χ3n) is 4.34. The van der Waals surface area contributed by atoms with Crippen LogP contribution in [0.15, 0.2) is 54.6 Å². The van der Waals surface area contributed by atoms with Gasteiger partial charge in [-0.1, -0.05) is 54.6 Å². The van der Waals surface area contributed by atoms with E-state index in [1.54, 1.807) is 0 Å². The number of fused-ring (bicyclic) bond motifs is 4. The van der Waals surface area contributed by atoms with Crippen LogP contribution in [0.4, 0.5) is 0 Å². The Balaban J connectivity index is 1.31. The summed E-state index contributed by atoms with van der Waals surface area (Å²) in [6.07, 6.45) is 1.65. The lowest BCUT2D eigenvalue weighted by molar-refractivity contribution is -0.0264. The van der Waals surface area contributed by atoms with Crippen LogP contribution in [0.25, 0.3) is 0 Å². The van der Waals surface area contributed by atoms with E-state index in [1.165, 1.54) is 16.7 Å². The highest BCUT2D eigenvalue weighted by molar-refractivity contribution is 5.44. The van der Waals surface area contributed by atoms with Crippen LogP contribution in [0.5, 0.6) is 0 Å². The highest BCUT2D eigenvalue weighted by Crippen LogP contribution is 2.54. The van der Waals surface area contributed by atoms with E-state index >= 15 is 0 Å². The van der Waals surface area contributed by atoms with E-state index in [2.05, 4.69) is 36.4 Å². The van der Waals surface area contributed by atoms with Gasteiger partial charge in [-0.3, -0.25) is 0 Å². The molecule has 1 aliphatic carbocycles. The minimum absolute atomic E-state index is 0.237. The molecule has 0 spiro atoms. The zero-order valence-corrected chi connectivity index (χ0v) is 11.4. The van der Waals surface area contributed by atoms with Gasteiger partial charge in [0.2, 0.25) is 0 Å². The van der Waals surface area contributed by atoms with Gasteiger partial charge >= 0.3 is 0 Å². The van der Waals surface area contributed by atoms with Gasteiger partial charge in [0.05, 0.1) is 25.4 Å². The first-order valence-corrected chi connectivity index (χ1v) is 7.28. The summed E-state index contributed by atoms with van der Waals surface area (Å²) in [5.41, 5.74) is 4.07. The van der Waals surface area contributed by atoms with E-state index in [0.29, 0.717) is 25.2 Å². The molecule has 1 fully saturated rings. The van der Waals surface area contributed by atoms with E-state index in [9.17, 15) is 0 Å². The molecule has 3 atom stereocenters. The largest absolute Gasteiger partial charge is 0.374 e. The van der Waals surface area contributed by atoms with Gasteiger partial charge in [-0.25, -0.2) is 0 Å². The number of hydrogen-bond donors (Lipinski definition) is 0. The summed E-state index contributed by atoms with van der Waals surface area (Å²) in [7, 11) is 0. The van der Waals surface area contributed by atoms with Gasteiger partial charge in [-0.15, -0.1) is 0 Å². The van der Waals surface area contributed by atoms with Gasteiger partial charge < -0.3 is 9.47 Å². The SMILES string of the molecule is c1ccc(COC[C@@H]2C[C@H]3c4ccccc4[C@H]3O2)cc1. The first kappa shape index (κ1) is 12.1. The Morgan fingerprint density at radius 1 is 0.950 bits per heavy atom. The molecule has 0 saturated carbocycles. The van der Waals surface area contributed by atoms with Gasteiger partial charge in [0.15, 0.2) is 0 Å². The lowest BCUT2D eigenvalue weighted by atomic mass is 9.74. The van der Waals surface area contributed by atoms with Crippen molar-refractivity contribution in [3.05, 3.63) is 71.3 Å². The molecule has 2 nitrogen and oxygen atoms in total. The summed E-state index contributed by atoms with van der Waals surface area (Å²) in [6, 6.07) is 18.9. The number of rotatable bonds is 4. The average molecular weight is 266 g/mol. The van der Waals surface area contributed by atoms with Crippen molar-refractivity contribution in [1.29, 1.82) is 0 Å². The van der Waals surface area contributed by atoms with Crippen LogP contribution in [0.3, 0.4) is 0 Å². The highest BCUT2D eigenvalue weighted by Gasteiger charge is 2.45. The van der Waals surface area contributed by atoms with E-state index in [4.69, 9.17) is 9.47 Å². The molecule has 2 heteroatoms. The third kappa shape index (κ3) is 2.05. The van der Waals surface area contributed by atoms with Crippen molar-refractivity contribution < 1.29 is 9.47 Å². The molecule has 0 N–H and O–H groups in total. The average Bonchev–Trinajstić information content (AvgIpc) is 2.86. The summed E-state index contributed by atoms with van der Waals surface area (Å²) in [6.45, 7) is 1.36. The fraction of sp³-hybridized carbons (Fsp3) is 0.333. The van der Waals surface area contributed by atoms with Gasteiger partial charge in [0, 0.05) is 5.92 Å². The minimum atomic E-state index is 0.237. The summed E-state index contributed by atoms with van der Waals surface area (Å²) in [5, 5.41) is 0. The van der Waals surface area contributed by atoms with Crippen LogP contribution < -0.4 is 0 Å². The zero-order chi connectivity index (χ0) is 13.4. The maximum atomic E-state index is 6.10. The zero-order valence-electron chi connectivity index (χ0n) is 11.4. The fourth-order valence-corrected chi connectivity index (χ4v) is 3.35. The highest BCUT2D eigenvalue weighted by atomic mass is 16.5. The van der Waals surface area contributed by atoms with Crippen LogP contribution in [0.2, 0.25) is 0 Å². The van der Waals surface area contributed by atoms with E-state index in [1.807, 2.05) is 18.2 Å². The molecule has 20 heavy (non-hydrogen) atoms. The maximum Gasteiger partial charge on any atom is 0.0902 e. The lowest BCUT2D eigenvalue weighted by Crippen LogP contribution is -2.19. The predicted octanol–water partition coefficient (Wildman–Crippen LogP) is 3.83. The Hall–Kier alpha value is -1.64. The van der Waals surface area contributed by atoms with E-state index < -0.39 is 0 Å². The summed E-state index contributed by atoms with van der Waals surface area (Å²) in [5.74, 6) is 0.594. The maximum absolute atomic E-state index is 6.10. The van der Waals surface area contributed by atoms with Crippen LogP contribution in [-0.2, 0) is 16.1 Å². The Kier molecular flexibility index (Phi) is 3.06. The first-order valence-electron chi connectivity index (χ1n) is 7.28. The molecule has 0 radical (unpaired) electrons. The Labute approximate surface area is 119 Å². The number of hydrogen-bond acceptors (Lipinski definition) is 2. The standard InChI is InChI=1S/C18H18O2/c1-2-6-13(7-3-1)11-19-12-14-10-17-15-8-4-5-9-16(15)18(17)20-14/h1-9,14,17-18H,10-12H2/t14-,17-,18+/m0/s1. The molecule has 1 heterocycles. The molecule has 2 aromatic rings. The second kappa shape index (κ2) is 5.04. The van der Waals surface area contributed by atoms with Crippen molar-refractivity contribution in [2.45, 2.75) is 31.2 Å². The second-order valence-corrected chi connectivity index (χ2v) is 5.65. The number of benzene rings is 2. The van der Waals surface area contributed by atoms with Crippen LogP contribution >= 0.6 is 0 Å². The van der Waals surface area contributed by atoms with Gasteiger partial charge in [-0.05, 0) is 23.1 Å². The van der Waals surface area contributed by atoms with Crippen LogP contribution in [-0.4, -0.2) is 12.7 Å². The topological polar surface area (TPSA) is 18.5 Å². The molecule has 4 rings (SSSR count). The Morgan fingerprint density at radius 3 is 2.55 bits per heavy atom. The third-order valence-corrected chi connectivity index (χ3v) is 4.34. The van der Waals surface area contributed by atoms with Crippen molar-refractivity contribution in [3.8, 4) is 0 Å². The monoisotopic (exact) mass is 266 g/mol. The molecule has 0 amide bonds. The molecule has 0 unspecified atom stereocenters. The molecule has 0 bridgehead atoms. The van der Waals surface area contributed by atoms with Gasteiger partial charge in [0.1, 0.15) is 0 Å². The second-order valence-electron chi connectivity index (χ2n) is 5.65. The summed E-state index contributed by atoms with van der Waals surface area (Å²) < 4.78 is 11.9. The predicted molar refractivity (Wildman–Crippen MR) is 77.5 cm³/mol. The minimum Gasteiger partial charge on any atom is -0.374 e. The van der Waals surface area contributed by atoms with Crippen molar-refractivity contribution in [3.63, 3.8) is 0 Å². The summed E-state index contributed by atoms with van der Waals surface area (Å²) >= 11 is 0. The Morgan fingerprint density at radius 2 is 1.70 bits per heavy atom. The Bertz CT molecular complexity index is 562. The number of ether oxygens (including phenoxy) is 2.